The Morgan fingerprint density at radius 2 is 2.27 bits per heavy atom. The third-order valence-corrected chi connectivity index (χ3v) is 2.46. The highest BCUT2D eigenvalue weighted by molar-refractivity contribution is 5.81. The van der Waals surface area contributed by atoms with Gasteiger partial charge in [-0.15, -0.1) is 0 Å². The summed E-state index contributed by atoms with van der Waals surface area (Å²) in [5.41, 5.74) is 5.18. The third-order valence-electron chi connectivity index (χ3n) is 2.46. The predicted molar refractivity (Wildman–Crippen MR) is 41.9 cm³/mol. The molecule has 1 saturated carbocycles. The first-order valence-electron chi connectivity index (χ1n) is 4.02. The maximum atomic E-state index is 11.2. The Morgan fingerprint density at radius 1 is 1.73 bits per heavy atom. The minimum absolute atomic E-state index is 0.262. The van der Waals surface area contributed by atoms with E-state index in [1.165, 1.54) is 7.11 Å². The van der Waals surface area contributed by atoms with Crippen molar-refractivity contribution in [2.75, 3.05) is 7.11 Å². The number of carbonyl (C=O) groups is 1. The molecule has 0 aromatic rings. The Kier molecular flexibility index (Phi) is 2.18. The number of hydrogen-bond acceptors (Lipinski definition) is 3. The molecule has 0 aliphatic heterocycles. The van der Waals surface area contributed by atoms with E-state index < -0.39 is 5.54 Å². The molecule has 1 aliphatic rings. The van der Waals surface area contributed by atoms with Crippen LogP contribution in [-0.4, -0.2) is 18.6 Å². The molecule has 0 bridgehead atoms. The van der Waals surface area contributed by atoms with E-state index in [9.17, 15) is 4.79 Å². The zero-order valence-electron chi connectivity index (χ0n) is 7.09. The molecule has 0 amide bonds. The van der Waals surface area contributed by atoms with E-state index in [-0.39, 0.29) is 5.97 Å². The van der Waals surface area contributed by atoms with Crippen LogP contribution in [0.1, 0.15) is 26.2 Å². The van der Waals surface area contributed by atoms with Crippen LogP contribution in [0.3, 0.4) is 0 Å². The first-order valence-corrected chi connectivity index (χ1v) is 4.02. The van der Waals surface area contributed by atoms with E-state index in [1.807, 2.05) is 6.92 Å². The van der Waals surface area contributed by atoms with E-state index in [0.717, 1.165) is 12.8 Å². The number of esters is 1. The lowest BCUT2D eigenvalue weighted by Crippen LogP contribution is -2.50. The molecule has 1 atom stereocenters. The van der Waals surface area contributed by atoms with Crippen LogP contribution in [0.15, 0.2) is 0 Å². The minimum Gasteiger partial charge on any atom is -0.468 e. The van der Waals surface area contributed by atoms with Crippen LogP contribution in [0.25, 0.3) is 0 Å². The van der Waals surface area contributed by atoms with Gasteiger partial charge >= 0.3 is 5.97 Å². The molecule has 0 aromatic heterocycles. The van der Waals surface area contributed by atoms with Crippen molar-refractivity contribution in [3.8, 4) is 0 Å². The zero-order chi connectivity index (χ0) is 8.48. The van der Waals surface area contributed by atoms with Crippen molar-refractivity contribution in [3.63, 3.8) is 0 Å². The smallest absolute Gasteiger partial charge is 0.326 e. The summed E-state index contributed by atoms with van der Waals surface area (Å²) in [6.45, 7) is 1.93. The number of hydrogen-bond donors (Lipinski definition) is 1. The quantitative estimate of drug-likeness (QED) is 0.613. The first-order chi connectivity index (χ1) is 5.15. The minimum atomic E-state index is -0.700. The van der Waals surface area contributed by atoms with Crippen LogP contribution in [0.2, 0.25) is 0 Å². The van der Waals surface area contributed by atoms with Gasteiger partial charge in [-0.1, -0.05) is 6.92 Å². The molecule has 0 saturated heterocycles. The van der Waals surface area contributed by atoms with Gasteiger partial charge in [0.25, 0.3) is 0 Å². The van der Waals surface area contributed by atoms with Crippen LogP contribution in [-0.2, 0) is 9.53 Å². The van der Waals surface area contributed by atoms with Gasteiger partial charge in [-0.05, 0) is 25.2 Å². The summed E-state index contributed by atoms with van der Waals surface area (Å²) in [7, 11) is 1.39. The van der Waals surface area contributed by atoms with Crippen molar-refractivity contribution < 1.29 is 9.53 Å². The van der Waals surface area contributed by atoms with Gasteiger partial charge in [0.05, 0.1) is 7.11 Å². The molecule has 0 radical (unpaired) electrons. The van der Waals surface area contributed by atoms with Crippen molar-refractivity contribution in [1.82, 2.24) is 0 Å². The second-order valence-corrected chi connectivity index (χ2v) is 3.16. The Balaban J connectivity index is 2.64. The van der Waals surface area contributed by atoms with E-state index in [4.69, 9.17) is 5.73 Å². The molecule has 2 N–H and O–H groups in total. The Bertz CT molecular complexity index is 165. The summed E-state index contributed by atoms with van der Waals surface area (Å²) in [4.78, 5) is 11.2. The molecule has 0 heterocycles. The molecule has 0 unspecified atom stereocenters. The van der Waals surface area contributed by atoms with Crippen molar-refractivity contribution >= 4 is 5.97 Å². The lowest BCUT2D eigenvalue weighted by Gasteiger charge is -2.24. The van der Waals surface area contributed by atoms with Gasteiger partial charge in [0.15, 0.2) is 0 Å². The summed E-state index contributed by atoms with van der Waals surface area (Å²) in [6.07, 6.45) is 2.81. The summed E-state index contributed by atoms with van der Waals surface area (Å²) in [6, 6.07) is 0. The molecule has 3 nitrogen and oxygen atoms in total. The lowest BCUT2D eigenvalue weighted by atomic mass is 9.92. The molecular weight excluding hydrogens is 142 g/mol. The number of carbonyl (C=O) groups excluding carboxylic acids is 1. The van der Waals surface area contributed by atoms with Gasteiger partial charge in [0.1, 0.15) is 5.54 Å². The van der Waals surface area contributed by atoms with E-state index >= 15 is 0 Å². The Hall–Kier alpha value is -0.570. The standard InChI is InChI=1S/C8H15NO2/c1-3-8(9,6-4-5-6)7(10)11-2/h6H,3-5,9H2,1-2H3/t8-/m1/s1. The summed E-state index contributed by atoms with van der Waals surface area (Å²) < 4.78 is 4.64. The second kappa shape index (κ2) is 2.81. The van der Waals surface area contributed by atoms with Gasteiger partial charge in [-0.2, -0.15) is 0 Å². The number of rotatable bonds is 3. The van der Waals surface area contributed by atoms with E-state index in [1.54, 1.807) is 0 Å². The fraction of sp³-hybridized carbons (Fsp3) is 0.875. The fourth-order valence-corrected chi connectivity index (χ4v) is 1.39. The second-order valence-electron chi connectivity index (χ2n) is 3.16. The monoisotopic (exact) mass is 157 g/mol. The third kappa shape index (κ3) is 1.38. The predicted octanol–water partition coefficient (Wildman–Crippen LogP) is 0.677. The molecule has 0 aromatic carbocycles. The highest BCUT2D eigenvalue weighted by atomic mass is 16.5. The van der Waals surface area contributed by atoms with E-state index in [0.29, 0.717) is 12.3 Å². The summed E-state index contributed by atoms with van der Waals surface area (Å²) in [5, 5.41) is 0. The van der Waals surface area contributed by atoms with Crippen LogP contribution in [0.5, 0.6) is 0 Å². The zero-order valence-corrected chi connectivity index (χ0v) is 7.09. The Labute approximate surface area is 66.9 Å². The highest BCUT2D eigenvalue weighted by Crippen LogP contribution is 2.40. The number of methoxy groups -OCH3 is 1. The fourth-order valence-electron chi connectivity index (χ4n) is 1.39. The molecule has 1 fully saturated rings. The van der Waals surface area contributed by atoms with Gasteiger partial charge in [0.2, 0.25) is 0 Å². The SMILES string of the molecule is CC[C@](N)(C(=O)OC)C1CC1. The molecular formula is C8H15NO2. The molecule has 0 spiro atoms. The Morgan fingerprint density at radius 3 is 2.55 bits per heavy atom. The highest BCUT2D eigenvalue weighted by Gasteiger charge is 2.47. The van der Waals surface area contributed by atoms with Crippen molar-refractivity contribution in [1.29, 1.82) is 0 Å². The average molecular weight is 157 g/mol. The first kappa shape index (κ1) is 8.53. The summed E-state index contributed by atoms with van der Waals surface area (Å²) >= 11 is 0. The van der Waals surface area contributed by atoms with Crippen molar-refractivity contribution in [2.45, 2.75) is 31.7 Å². The maximum absolute atomic E-state index is 11.2. The average Bonchev–Trinajstić information content (AvgIpc) is 2.84. The molecule has 64 valence electrons. The maximum Gasteiger partial charge on any atom is 0.326 e. The van der Waals surface area contributed by atoms with Gasteiger partial charge in [0, 0.05) is 0 Å². The molecule has 1 aliphatic carbocycles. The molecule has 1 rings (SSSR count). The number of nitrogens with two attached hydrogens (primary N) is 1. The van der Waals surface area contributed by atoms with Gasteiger partial charge in [-0.25, -0.2) is 0 Å². The van der Waals surface area contributed by atoms with Gasteiger partial charge in [-0.3, -0.25) is 4.79 Å². The van der Waals surface area contributed by atoms with Crippen LogP contribution in [0, 0.1) is 5.92 Å². The largest absolute Gasteiger partial charge is 0.468 e. The van der Waals surface area contributed by atoms with E-state index in [2.05, 4.69) is 4.74 Å². The van der Waals surface area contributed by atoms with Crippen molar-refractivity contribution in [2.24, 2.45) is 11.7 Å². The van der Waals surface area contributed by atoms with Crippen molar-refractivity contribution in [3.05, 3.63) is 0 Å². The van der Waals surface area contributed by atoms with Crippen LogP contribution in [0.4, 0.5) is 0 Å². The number of ether oxygens (including phenoxy) is 1. The van der Waals surface area contributed by atoms with Crippen LogP contribution < -0.4 is 5.73 Å². The topological polar surface area (TPSA) is 52.3 Å². The normalized spacial score (nSPS) is 22.5. The van der Waals surface area contributed by atoms with Crippen LogP contribution >= 0.6 is 0 Å². The van der Waals surface area contributed by atoms with Gasteiger partial charge < -0.3 is 10.5 Å². The summed E-state index contributed by atoms with van der Waals surface area (Å²) in [5.74, 6) is 0.0995. The molecule has 11 heavy (non-hydrogen) atoms. The lowest BCUT2D eigenvalue weighted by molar-refractivity contribution is -0.148. The molecule has 3 heteroatoms.